The van der Waals surface area contributed by atoms with Gasteiger partial charge in [-0.15, -0.1) is 11.3 Å². The smallest absolute Gasteiger partial charge is 0.138 e. The molecular formula is C12H13N5S. The summed E-state index contributed by atoms with van der Waals surface area (Å²) in [6.45, 7) is 1.85. The van der Waals surface area contributed by atoms with E-state index in [1.54, 1.807) is 23.9 Å². The molecule has 0 bridgehead atoms. The molecule has 0 aliphatic carbocycles. The Morgan fingerprint density at radius 1 is 1.33 bits per heavy atom. The minimum absolute atomic E-state index is 0.889. The first-order chi connectivity index (χ1) is 8.93. The van der Waals surface area contributed by atoms with E-state index in [1.807, 2.05) is 17.9 Å². The predicted octanol–water partition coefficient (Wildman–Crippen LogP) is 2.39. The zero-order chi connectivity index (χ0) is 12.2. The monoisotopic (exact) mass is 259 g/mol. The number of nitrogens with zero attached hydrogens (tertiary/aromatic N) is 4. The molecule has 0 saturated carbocycles. The summed E-state index contributed by atoms with van der Waals surface area (Å²) in [7, 11) is 0. The number of rotatable bonds is 5. The lowest BCUT2D eigenvalue weighted by atomic mass is 10.3. The molecule has 0 aliphatic rings. The Balaban J connectivity index is 1.58. The summed E-state index contributed by atoms with van der Waals surface area (Å²) in [4.78, 5) is 13.6. The summed E-state index contributed by atoms with van der Waals surface area (Å²) in [5, 5.41) is 6.50. The standard InChI is InChI=1S/C12H13N5S/c1(5-17-6-4-13-9-17)3-14-11-10-2-7-18-12(10)16-8-15-11/h2,4,6-9H,1,3,5H2,(H,14,15,16). The maximum Gasteiger partial charge on any atom is 0.138 e. The summed E-state index contributed by atoms with van der Waals surface area (Å²) in [6.07, 6.45) is 8.25. The van der Waals surface area contributed by atoms with Gasteiger partial charge in [-0.3, -0.25) is 0 Å². The number of anilines is 1. The number of hydrogen-bond acceptors (Lipinski definition) is 5. The molecule has 3 aromatic rings. The Labute approximate surface area is 109 Å². The summed E-state index contributed by atoms with van der Waals surface area (Å²) in [5.74, 6) is 0.923. The third-order valence-corrected chi connectivity index (χ3v) is 3.53. The molecule has 1 N–H and O–H groups in total. The molecule has 0 saturated heterocycles. The lowest BCUT2D eigenvalue weighted by Crippen LogP contribution is -2.07. The number of imidazole rings is 1. The van der Waals surface area contributed by atoms with Gasteiger partial charge < -0.3 is 9.88 Å². The van der Waals surface area contributed by atoms with Gasteiger partial charge in [-0.25, -0.2) is 15.0 Å². The minimum atomic E-state index is 0.889. The average Bonchev–Trinajstić information content (AvgIpc) is 3.05. The van der Waals surface area contributed by atoms with Gasteiger partial charge in [-0.05, 0) is 17.9 Å². The highest BCUT2D eigenvalue weighted by atomic mass is 32.1. The molecule has 0 unspecified atom stereocenters. The van der Waals surface area contributed by atoms with Gasteiger partial charge in [0, 0.05) is 25.5 Å². The second-order valence-electron chi connectivity index (χ2n) is 3.94. The van der Waals surface area contributed by atoms with Gasteiger partial charge in [-0.1, -0.05) is 0 Å². The van der Waals surface area contributed by atoms with Gasteiger partial charge in [0.05, 0.1) is 11.7 Å². The van der Waals surface area contributed by atoms with Crippen LogP contribution in [-0.4, -0.2) is 26.1 Å². The van der Waals surface area contributed by atoms with E-state index < -0.39 is 0 Å². The molecule has 0 aliphatic heterocycles. The normalized spacial score (nSPS) is 10.9. The molecule has 5 nitrogen and oxygen atoms in total. The number of fused-ring (bicyclic) bond motifs is 1. The topological polar surface area (TPSA) is 55.6 Å². The van der Waals surface area contributed by atoms with E-state index in [2.05, 4.69) is 30.9 Å². The van der Waals surface area contributed by atoms with Crippen molar-refractivity contribution in [3.8, 4) is 0 Å². The van der Waals surface area contributed by atoms with Crippen molar-refractivity contribution in [3.63, 3.8) is 0 Å². The number of thiophene rings is 1. The molecule has 3 heterocycles. The first-order valence-corrected chi connectivity index (χ1v) is 6.69. The van der Waals surface area contributed by atoms with Crippen molar-refractivity contribution in [1.82, 2.24) is 19.5 Å². The molecule has 3 rings (SSSR count). The molecule has 0 fully saturated rings. The molecular weight excluding hydrogens is 246 g/mol. The molecule has 0 aromatic carbocycles. The SMILES string of the molecule is c1cn(CCCNc2ncnc3sccc23)cn1. The van der Waals surface area contributed by atoms with Crippen molar-refractivity contribution in [2.45, 2.75) is 13.0 Å². The fraction of sp³-hybridized carbons (Fsp3) is 0.250. The summed E-state index contributed by atoms with van der Waals surface area (Å²) < 4.78 is 2.07. The van der Waals surface area contributed by atoms with Crippen molar-refractivity contribution in [3.05, 3.63) is 36.5 Å². The average molecular weight is 259 g/mol. The van der Waals surface area contributed by atoms with Crippen LogP contribution in [0.1, 0.15) is 6.42 Å². The number of hydrogen-bond donors (Lipinski definition) is 1. The van der Waals surface area contributed by atoms with E-state index in [0.717, 1.165) is 35.5 Å². The van der Waals surface area contributed by atoms with Gasteiger partial charge in [0.15, 0.2) is 0 Å². The van der Waals surface area contributed by atoms with Crippen molar-refractivity contribution < 1.29 is 0 Å². The Hall–Kier alpha value is -1.95. The fourth-order valence-electron chi connectivity index (χ4n) is 1.82. The number of aromatic nitrogens is 4. The highest BCUT2D eigenvalue weighted by molar-refractivity contribution is 7.16. The minimum Gasteiger partial charge on any atom is -0.369 e. The van der Waals surface area contributed by atoms with Crippen LogP contribution in [0.2, 0.25) is 0 Å². The van der Waals surface area contributed by atoms with E-state index in [4.69, 9.17) is 0 Å². The quantitative estimate of drug-likeness (QED) is 0.715. The fourth-order valence-corrected chi connectivity index (χ4v) is 2.55. The van der Waals surface area contributed by atoms with E-state index in [-0.39, 0.29) is 0 Å². The third kappa shape index (κ3) is 2.33. The summed E-state index contributed by atoms with van der Waals surface area (Å²) in [6, 6.07) is 2.05. The van der Waals surface area contributed by atoms with Gasteiger partial charge in [0.1, 0.15) is 17.0 Å². The van der Waals surface area contributed by atoms with E-state index in [9.17, 15) is 0 Å². The zero-order valence-corrected chi connectivity index (χ0v) is 10.6. The third-order valence-electron chi connectivity index (χ3n) is 2.71. The van der Waals surface area contributed by atoms with Gasteiger partial charge in [-0.2, -0.15) is 0 Å². The van der Waals surface area contributed by atoms with E-state index >= 15 is 0 Å². The van der Waals surface area contributed by atoms with Crippen LogP contribution in [0.5, 0.6) is 0 Å². The van der Waals surface area contributed by atoms with Gasteiger partial charge >= 0.3 is 0 Å². The maximum atomic E-state index is 4.28. The first-order valence-electron chi connectivity index (χ1n) is 5.81. The molecule has 92 valence electrons. The lowest BCUT2D eigenvalue weighted by molar-refractivity contribution is 0.660. The summed E-state index contributed by atoms with van der Waals surface area (Å²) >= 11 is 1.64. The van der Waals surface area contributed by atoms with Crippen LogP contribution in [0.3, 0.4) is 0 Å². The van der Waals surface area contributed by atoms with E-state index in [1.165, 1.54) is 0 Å². The maximum absolute atomic E-state index is 4.28. The second-order valence-corrected chi connectivity index (χ2v) is 4.84. The Bertz CT molecular complexity index is 616. The Morgan fingerprint density at radius 3 is 3.22 bits per heavy atom. The number of nitrogens with one attached hydrogen (secondary N) is 1. The Morgan fingerprint density at radius 2 is 2.33 bits per heavy atom. The molecule has 0 spiro atoms. The molecule has 0 amide bonds. The Kier molecular flexibility index (Phi) is 3.18. The van der Waals surface area contributed by atoms with Crippen LogP contribution in [0.4, 0.5) is 5.82 Å². The van der Waals surface area contributed by atoms with Gasteiger partial charge in [0.25, 0.3) is 0 Å². The van der Waals surface area contributed by atoms with Crippen molar-refractivity contribution in [2.75, 3.05) is 11.9 Å². The molecule has 0 radical (unpaired) electrons. The molecule has 18 heavy (non-hydrogen) atoms. The number of aryl methyl sites for hydroxylation is 1. The van der Waals surface area contributed by atoms with Crippen molar-refractivity contribution in [2.24, 2.45) is 0 Å². The highest BCUT2D eigenvalue weighted by Gasteiger charge is 2.03. The predicted molar refractivity (Wildman–Crippen MR) is 72.7 cm³/mol. The second kappa shape index (κ2) is 5.14. The van der Waals surface area contributed by atoms with Crippen LogP contribution in [-0.2, 0) is 6.54 Å². The van der Waals surface area contributed by atoms with Crippen molar-refractivity contribution in [1.29, 1.82) is 0 Å². The first kappa shape index (κ1) is 11.2. The van der Waals surface area contributed by atoms with Gasteiger partial charge in [0.2, 0.25) is 0 Å². The van der Waals surface area contributed by atoms with Crippen molar-refractivity contribution >= 4 is 27.4 Å². The summed E-state index contributed by atoms with van der Waals surface area (Å²) in [5.41, 5.74) is 0. The largest absolute Gasteiger partial charge is 0.369 e. The van der Waals surface area contributed by atoms with Crippen LogP contribution >= 0.6 is 11.3 Å². The van der Waals surface area contributed by atoms with Crippen LogP contribution in [0.15, 0.2) is 36.5 Å². The lowest BCUT2D eigenvalue weighted by Gasteiger charge is -2.06. The van der Waals surface area contributed by atoms with Crippen LogP contribution < -0.4 is 5.32 Å². The van der Waals surface area contributed by atoms with Crippen LogP contribution in [0.25, 0.3) is 10.2 Å². The highest BCUT2D eigenvalue weighted by Crippen LogP contribution is 2.23. The zero-order valence-electron chi connectivity index (χ0n) is 9.78. The van der Waals surface area contributed by atoms with E-state index in [0.29, 0.717) is 0 Å². The molecule has 6 heteroatoms. The molecule has 0 atom stereocenters. The van der Waals surface area contributed by atoms with Crippen LogP contribution in [0, 0.1) is 0 Å². The molecule has 3 aromatic heterocycles.